The molecule has 0 unspecified atom stereocenters. The van der Waals surface area contributed by atoms with E-state index in [2.05, 4.69) is 14.9 Å². The summed E-state index contributed by atoms with van der Waals surface area (Å²) in [6, 6.07) is 1.73. The third kappa shape index (κ3) is 2.99. The largest absolute Gasteiger partial charge is 0.283 e. The van der Waals surface area contributed by atoms with Gasteiger partial charge in [-0.1, -0.05) is 0 Å². The van der Waals surface area contributed by atoms with Crippen molar-refractivity contribution in [1.82, 2.24) is 14.9 Å². The number of nitrogens with two attached hydrogens (primary N) is 1. The molecule has 0 aliphatic carbocycles. The van der Waals surface area contributed by atoms with Gasteiger partial charge in [-0.05, 0) is 13.0 Å². The van der Waals surface area contributed by atoms with Crippen LogP contribution in [0.3, 0.4) is 0 Å². The lowest BCUT2D eigenvalue weighted by atomic mass is 10.4. The molecule has 7 heteroatoms. The summed E-state index contributed by atoms with van der Waals surface area (Å²) in [7, 11) is -3.62. The Morgan fingerprint density at radius 3 is 2.83 bits per heavy atom. The van der Waals surface area contributed by atoms with Gasteiger partial charge in [0.25, 0.3) is 10.2 Å². The van der Waals surface area contributed by atoms with Gasteiger partial charge in [-0.3, -0.25) is 5.10 Å². The number of aromatic amines is 1. The average molecular weight is 190 g/mol. The number of hydrogen-bond acceptors (Lipinski definition) is 3. The molecule has 1 aromatic heterocycles. The first kappa shape index (κ1) is 9.17. The first-order chi connectivity index (χ1) is 5.47. The molecule has 0 atom stereocenters. The fourth-order valence-electron chi connectivity index (χ4n) is 0.740. The summed E-state index contributed by atoms with van der Waals surface area (Å²) in [5.74, 6) is 0. The Kier molecular flexibility index (Phi) is 2.46. The summed E-state index contributed by atoms with van der Waals surface area (Å²) in [5.41, 5.74) is 1.49. The second-order valence-electron chi connectivity index (χ2n) is 2.41. The van der Waals surface area contributed by atoms with E-state index in [0.717, 1.165) is 5.69 Å². The Morgan fingerprint density at radius 2 is 2.42 bits per heavy atom. The topological polar surface area (TPSA) is 101 Å². The zero-order chi connectivity index (χ0) is 9.19. The van der Waals surface area contributed by atoms with E-state index in [1.807, 2.05) is 6.92 Å². The maximum Gasteiger partial charge on any atom is 0.274 e. The molecule has 1 heterocycles. The third-order valence-corrected chi connectivity index (χ3v) is 1.76. The Labute approximate surface area is 70.3 Å². The van der Waals surface area contributed by atoms with Gasteiger partial charge in [0.1, 0.15) is 0 Å². The van der Waals surface area contributed by atoms with Crippen molar-refractivity contribution in [1.29, 1.82) is 0 Å². The van der Waals surface area contributed by atoms with Crippen LogP contribution in [0.15, 0.2) is 6.07 Å². The second kappa shape index (κ2) is 3.21. The van der Waals surface area contributed by atoms with Crippen LogP contribution in [0.2, 0.25) is 0 Å². The molecule has 4 N–H and O–H groups in total. The molecule has 0 saturated carbocycles. The maximum atomic E-state index is 10.4. The number of nitrogens with zero attached hydrogens (tertiary/aromatic N) is 1. The average Bonchev–Trinajstić information content (AvgIpc) is 2.30. The van der Waals surface area contributed by atoms with E-state index in [4.69, 9.17) is 5.14 Å². The summed E-state index contributed by atoms with van der Waals surface area (Å²) >= 11 is 0. The van der Waals surface area contributed by atoms with Gasteiger partial charge in [-0.15, -0.1) is 0 Å². The number of H-pyrrole nitrogens is 1. The fourth-order valence-corrected chi connectivity index (χ4v) is 1.09. The first-order valence-electron chi connectivity index (χ1n) is 3.25. The Bertz CT molecular complexity index is 355. The molecule has 0 bridgehead atoms. The zero-order valence-corrected chi connectivity index (χ0v) is 7.35. The van der Waals surface area contributed by atoms with E-state index in [9.17, 15) is 8.42 Å². The molecule has 12 heavy (non-hydrogen) atoms. The molecule has 0 aliphatic heterocycles. The molecule has 68 valence electrons. The highest BCUT2D eigenvalue weighted by molar-refractivity contribution is 7.87. The summed E-state index contributed by atoms with van der Waals surface area (Å²) < 4.78 is 23.0. The molecule has 6 nitrogen and oxygen atoms in total. The molecule has 0 aromatic carbocycles. The summed E-state index contributed by atoms with van der Waals surface area (Å²) in [5, 5.41) is 11.2. The molecule has 0 fully saturated rings. The van der Waals surface area contributed by atoms with Crippen LogP contribution in [0.25, 0.3) is 0 Å². The molecule has 0 amide bonds. The summed E-state index contributed by atoms with van der Waals surface area (Å²) in [6.45, 7) is 1.94. The Balaban J connectivity index is 2.55. The van der Waals surface area contributed by atoms with Gasteiger partial charge in [0, 0.05) is 5.69 Å². The van der Waals surface area contributed by atoms with Crippen molar-refractivity contribution in [3.8, 4) is 0 Å². The van der Waals surface area contributed by atoms with Gasteiger partial charge in [-0.2, -0.15) is 18.2 Å². The number of rotatable bonds is 3. The first-order valence-corrected chi connectivity index (χ1v) is 4.80. The number of aromatic nitrogens is 2. The normalized spacial score (nSPS) is 11.8. The van der Waals surface area contributed by atoms with Gasteiger partial charge in [0.2, 0.25) is 0 Å². The lowest BCUT2D eigenvalue weighted by Gasteiger charge is -1.96. The van der Waals surface area contributed by atoms with Crippen LogP contribution >= 0.6 is 0 Å². The van der Waals surface area contributed by atoms with Crippen LogP contribution in [0.1, 0.15) is 11.4 Å². The maximum absolute atomic E-state index is 10.4. The minimum Gasteiger partial charge on any atom is -0.283 e. The molecule has 0 spiro atoms. The predicted octanol–water partition coefficient (Wildman–Crippen LogP) is -0.989. The highest BCUT2D eigenvalue weighted by Gasteiger charge is 2.02. The van der Waals surface area contributed by atoms with Gasteiger partial charge in [0.15, 0.2) is 0 Å². The SMILES string of the molecule is Cc1cc(CNS(N)(=O)=O)n[nH]1. The lowest BCUT2D eigenvalue weighted by Crippen LogP contribution is -2.30. The molecule has 1 rings (SSSR count). The van der Waals surface area contributed by atoms with Crippen molar-refractivity contribution >= 4 is 10.2 Å². The van der Waals surface area contributed by atoms with Crippen molar-refractivity contribution in [2.24, 2.45) is 5.14 Å². The smallest absolute Gasteiger partial charge is 0.274 e. The Hall–Kier alpha value is -0.920. The van der Waals surface area contributed by atoms with Crippen molar-refractivity contribution < 1.29 is 8.42 Å². The van der Waals surface area contributed by atoms with Crippen molar-refractivity contribution in [2.75, 3.05) is 0 Å². The van der Waals surface area contributed by atoms with Crippen LogP contribution in [0, 0.1) is 6.92 Å². The van der Waals surface area contributed by atoms with Crippen LogP contribution in [-0.4, -0.2) is 18.6 Å². The third-order valence-electron chi connectivity index (χ3n) is 1.21. The van der Waals surface area contributed by atoms with Crippen LogP contribution in [0.5, 0.6) is 0 Å². The standard InChI is InChI=1S/C5H10N4O2S/c1-4-2-5(9-8-4)3-7-12(6,10)11/h2,7H,3H2,1H3,(H,8,9)(H2,6,10,11). The number of nitrogens with one attached hydrogen (secondary N) is 2. The van der Waals surface area contributed by atoms with Crippen molar-refractivity contribution in [2.45, 2.75) is 13.5 Å². The number of aryl methyl sites for hydroxylation is 1. The van der Waals surface area contributed by atoms with Gasteiger partial charge in [-0.25, -0.2) is 5.14 Å². The minimum atomic E-state index is -3.62. The zero-order valence-electron chi connectivity index (χ0n) is 6.53. The molecule has 0 aliphatic rings. The molecule has 1 aromatic rings. The van der Waals surface area contributed by atoms with E-state index < -0.39 is 10.2 Å². The highest BCUT2D eigenvalue weighted by atomic mass is 32.2. The molecule has 0 radical (unpaired) electrons. The van der Waals surface area contributed by atoms with E-state index in [1.54, 1.807) is 6.07 Å². The molecular weight excluding hydrogens is 180 g/mol. The minimum absolute atomic E-state index is 0.114. The van der Waals surface area contributed by atoms with E-state index in [1.165, 1.54) is 0 Å². The number of hydrogen-bond donors (Lipinski definition) is 3. The lowest BCUT2D eigenvalue weighted by molar-refractivity contribution is 0.582. The van der Waals surface area contributed by atoms with Gasteiger partial charge >= 0.3 is 0 Å². The molecule has 0 saturated heterocycles. The van der Waals surface area contributed by atoms with Crippen LogP contribution < -0.4 is 9.86 Å². The van der Waals surface area contributed by atoms with E-state index in [0.29, 0.717) is 5.69 Å². The van der Waals surface area contributed by atoms with Gasteiger partial charge in [0.05, 0.1) is 12.2 Å². The van der Waals surface area contributed by atoms with Crippen LogP contribution in [-0.2, 0) is 16.8 Å². The fraction of sp³-hybridized carbons (Fsp3) is 0.400. The summed E-state index contributed by atoms with van der Waals surface area (Å²) in [6.07, 6.45) is 0. The van der Waals surface area contributed by atoms with Crippen LogP contribution in [0.4, 0.5) is 0 Å². The predicted molar refractivity (Wildman–Crippen MR) is 43.3 cm³/mol. The highest BCUT2D eigenvalue weighted by Crippen LogP contribution is 1.96. The quantitative estimate of drug-likeness (QED) is 0.570. The van der Waals surface area contributed by atoms with Crippen molar-refractivity contribution in [3.05, 3.63) is 17.5 Å². The van der Waals surface area contributed by atoms with Gasteiger partial charge < -0.3 is 0 Å². The van der Waals surface area contributed by atoms with E-state index >= 15 is 0 Å². The monoisotopic (exact) mass is 190 g/mol. The Morgan fingerprint density at radius 1 is 1.75 bits per heavy atom. The molecular formula is C5H10N4O2S. The second-order valence-corrected chi connectivity index (χ2v) is 3.79. The summed E-state index contributed by atoms with van der Waals surface area (Å²) in [4.78, 5) is 0. The van der Waals surface area contributed by atoms with E-state index in [-0.39, 0.29) is 6.54 Å². The van der Waals surface area contributed by atoms with Crippen molar-refractivity contribution in [3.63, 3.8) is 0 Å².